The molecule has 0 fully saturated rings. The van der Waals surface area contributed by atoms with E-state index in [1.807, 2.05) is 6.07 Å². The topological polar surface area (TPSA) is 87.2 Å². The van der Waals surface area contributed by atoms with Crippen molar-refractivity contribution < 1.29 is 24.2 Å². The van der Waals surface area contributed by atoms with E-state index in [1.165, 1.54) is 21.9 Å². The zero-order chi connectivity index (χ0) is 19.6. The number of hydrogen-bond donors (Lipinski definition) is 1. The molecule has 1 unspecified atom stereocenters. The molecule has 1 N–H and O–H groups in total. The number of carboxylic acid groups (broad SMARTS) is 1. The van der Waals surface area contributed by atoms with E-state index in [0.717, 1.165) is 5.56 Å². The highest BCUT2D eigenvalue weighted by Crippen LogP contribution is 2.33. The maximum atomic E-state index is 12.6. The number of benzene rings is 2. The van der Waals surface area contributed by atoms with Gasteiger partial charge in [-0.15, -0.1) is 0 Å². The van der Waals surface area contributed by atoms with E-state index in [4.69, 9.17) is 9.84 Å². The molecule has 1 atom stereocenters. The van der Waals surface area contributed by atoms with Gasteiger partial charge in [-0.05, 0) is 36.8 Å². The molecule has 1 aliphatic rings. The number of para-hydroxylation sites is 2. The minimum atomic E-state index is -0.996. The van der Waals surface area contributed by atoms with Gasteiger partial charge < -0.3 is 14.7 Å². The van der Waals surface area contributed by atoms with Gasteiger partial charge >= 0.3 is 5.97 Å². The maximum absolute atomic E-state index is 12.6. The normalized spacial score (nSPS) is 15.7. The highest BCUT2D eigenvalue weighted by molar-refractivity contribution is 6.03. The lowest BCUT2D eigenvalue weighted by Gasteiger charge is -2.33. The second kappa shape index (κ2) is 7.49. The van der Waals surface area contributed by atoms with Crippen molar-refractivity contribution >= 4 is 23.5 Å². The highest BCUT2D eigenvalue weighted by Gasteiger charge is 2.33. The Labute approximate surface area is 156 Å². The quantitative estimate of drug-likeness (QED) is 0.874. The Hall–Kier alpha value is -3.35. The van der Waals surface area contributed by atoms with Crippen molar-refractivity contribution in [3.05, 3.63) is 59.7 Å². The van der Waals surface area contributed by atoms with Crippen LogP contribution >= 0.6 is 0 Å². The van der Waals surface area contributed by atoms with Gasteiger partial charge in [0.05, 0.1) is 11.3 Å². The van der Waals surface area contributed by atoms with Crippen molar-refractivity contribution in [3.8, 4) is 5.75 Å². The van der Waals surface area contributed by atoms with Crippen LogP contribution in [0.1, 0.15) is 22.8 Å². The predicted octanol–water partition coefficient (Wildman–Crippen LogP) is 2.16. The summed E-state index contributed by atoms with van der Waals surface area (Å²) in [6.07, 6.45) is -0.651. The largest absolute Gasteiger partial charge is 0.479 e. The SMILES string of the molecule is CC1Oc2ccccc2N(CC(=O)N(C)Cc2ccc(C(=O)O)cc2)C1=O. The molecule has 7 heteroatoms. The van der Waals surface area contributed by atoms with E-state index < -0.39 is 12.1 Å². The molecule has 2 amide bonds. The van der Waals surface area contributed by atoms with Crippen LogP contribution in [0.25, 0.3) is 0 Å². The Morgan fingerprint density at radius 1 is 1.15 bits per heavy atom. The number of carboxylic acids is 1. The van der Waals surface area contributed by atoms with Crippen LogP contribution in [-0.2, 0) is 16.1 Å². The molecular formula is C20H20N2O5. The van der Waals surface area contributed by atoms with Crippen molar-refractivity contribution in [1.29, 1.82) is 0 Å². The van der Waals surface area contributed by atoms with Crippen LogP contribution in [0.5, 0.6) is 5.75 Å². The van der Waals surface area contributed by atoms with Crippen LogP contribution < -0.4 is 9.64 Å². The molecule has 0 radical (unpaired) electrons. The van der Waals surface area contributed by atoms with Gasteiger partial charge in [0.2, 0.25) is 5.91 Å². The molecule has 2 aromatic rings. The van der Waals surface area contributed by atoms with Crippen molar-refractivity contribution in [2.75, 3.05) is 18.5 Å². The Balaban J connectivity index is 1.70. The van der Waals surface area contributed by atoms with Crippen molar-refractivity contribution in [1.82, 2.24) is 4.90 Å². The van der Waals surface area contributed by atoms with Crippen LogP contribution in [0, 0.1) is 0 Å². The number of carbonyl (C=O) groups excluding carboxylic acids is 2. The van der Waals surface area contributed by atoms with Crippen LogP contribution in [0.3, 0.4) is 0 Å². The van der Waals surface area contributed by atoms with Gasteiger partial charge in [0.1, 0.15) is 12.3 Å². The second-order valence-electron chi connectivity index (χ2n) is 6.40. The van der Waals surface area contributed by atoms with Gasteiger partial charge in [-0.25, -0.2) is 4.79 Å². The van der Waals surface area contributed by atoms with Gasteiger partial charge in [0.25, 0.3) is 5.91 Å². The molecule has 0 aliphatic carbocycles. The van der Waals surface area contributed by atoms with E-state index in [1.54, 1.807) is 44.3 Å². The van der Waals surface area contributed by atoms with Crippen LogP contribution in [0.15, 0.2) is 48.5 Å². The van der Waals surface area contributed by atoms with E-state index in [-0.39, 0.29) is 23.9 Å². The van der Waals surface area contributed by atoms with E-state index in [0.29, 0.717) is 18.0 Å². The van der Waals surface area contributed by atoms with E-state index in [2.05, 4.69) is 0 Å². The Morgan fingerprint density at radius 3 is 2.48 bits per heavy atom. The van der Waals surface area contributed by atoms with Gasteiger partial charge in [0, 0.05) is 13.6 Å². The molecule has 1 aliphatic heterocycles. The summed E-state index contributed by atoms with van der Waals surface area (Å²) in [5, 5.41) is 8.94. The summed E-state index contributed by atoms with van der Waals surface area (Å²) in [7, 11) is 1.65. The minimum absolute atomic E-state index is 0.0900. The number of ether oxygens (including phenoxy) is 1. The lowest BCUT2D eigenvalue weighted by Crippen LogP contribution is -2.48. The van der Waals surface area contributed by atoms with Crippen LogP contribution in [0.4, 0.5) is 5.69 Å². The molecule has 2 aromatic carbocycles. The summed E-state index contributed by atoms with van der Waals surface area (Å²) < 4.78 is 5.58. The van der Waals surface area contributed by atoms with E-state index >= 15 is 0 Å². The first-order chi connectivity index (χ1) is 12.9. The molecule has 7 nitrogen and oxygen atoms in total. The van der Waals surface area contributed by atoms with Gasteiger partial charge in [0.15, 0.2) is 6.10 Å². The molecule has 0 spiro atoms. The van der Waals surface area contributed by atoms with E-state index in [9.17, 15) is 14.4 Å². The number of rotatable bonds is 5. The van der Waals surface area contributed by atoms with Crippen LogP contribution in [0.2, 0.25) is 0 Å². The molecule has 0 aromatic heterocycles. The summed E-state index contributed by atoms with van der Waals surface area (Å²) in [5.74, 6) is -0.912. The minimum Gasteiger partial charge on any atom is -0.479 e. The molecule has 0 saturated carbocycles. The van der Waals surface area contributed by atoms with Crippen molar-refractivity contribution in [2.24, 2.45) is 0 Å². The monoisotopic (exact) mass is 368 g/mol. The van der Waals surface area contributed by atoms with Gasteiger partial charge in [-0.2, -0.15) is 0 Å². The lowest BCUT2D eigenvalue weighted by molar-refractivity contribution is -0.132. The number of aromatic carboxylic acids is 1. The first-order valence-electron chi connectivity index (χ1n) is 8.50. The number of amides is 2. The van der Waals surface area contributed by atoms with Crippen molar-refractivity contribution in [3.63, 3.8) is 0 Å². The highest BCUT2D eigenvalue weighted by atomic mass is 16.5. The zero-order valence-corrected chi connectivity index (χ0v) is 15.1. The molecule has 3 rings (SSSR count). The fourth-order valence-electron chi connectivity index (χ4n) is 2.89. The Kier molecular flexibility index (Phi) is 5.12. The number of nitrogens with zero attached hydrogens (tertiary/aromatic N) is 2. The molecule has 1 heterocycles. The average molecular weight is 368 g/mol. The summed E-state index contributed by atoms with van der Waals surface area (Å²) in [4.78, 5) is 39.0. The maximum Gasteiger partial charge on any atom is 0.335 e. The van der Waals surface area contributed by atoms with Crippen molar-refractivity contribution in [2.45, 2.75) is 19.6 Å². The number of likely N-dealkylation sites (N-methyl/N-ethyl adjacent to an activating group) is 1. The number of fused-ring (bicyclic) bond motifs is 1. The standard InChI is InChI=1S/C20H20N2O5/c1-13-19(24)22(16-5-3-4-6-17(16)27-13)12-18(23)21(2)11-14-7-9-15(10-8-14)20(25)26/h3-10,13H,11-12H2,1-2H3,(H,25,26). The first kappa shape index (κ1) is 18.4. The third-order valence-corrected chi connectivity index (χ3v) is 4.41. The second-order valence-corrected chi connectivity index (χ2v) is 6.40. The summed E-state index contributed by atoms with van der Waals surface area (Å²) in [6.45, 7) is 1.88. The third kappa shape index (κ3) is 3.92. The van der Waals surface area contributed by atoms with Gasteiger partial charge in [-0.1, -0.05) is 24.3 Å². The fourth-order valence-corrected chi connectivity index (χ4v) is 2.89. The number of carbonyl (C=O) groups is 3. The molecule has 27 heavy (non-hydrogen) atoms. The molecule has 0 saturated heterocycles. The summed E-state index contributed by atoms with van der Waals surface area (Å²) in [6, 6.07) is 13.5. The van der Waals surface area contributed by atoms with Gasteiger partial charge in [-0.3, -0.25) is 14.5 Å². The third-order valence-electron chi connectivity index (χ3n) is 4.41. The molecular weight excluding hydrogens is 348 g/mol. The summed E-state index contributed by atoms with van der Waals surface area (Å²) >= 11 is 0. The smallest absolute Gasteiger partial charge is 0.335 e. The number of hydrogen-bond acceptors (Lipinski definition) is 4. The van der Waals surface area contributed by atoms with Crippen LogP contribution in [-0.4, -0.2) is 47.5 Å². The Morgan fingerprint density at radius 2 is 1.81 bits per heavy atom. The summed E-state index contributed by atoms with van der Waals surface area (Å²) in [5.41, 5.74) is 1.57. The average Bonchev–Trinajstić information content (AvgIpc) is 2.65. The fraction of sp³-hybridized carbons (Fsp3) is 0.250. The number of anilines is 1. The first-order valence-corrected chi connectivity index (χ1v) is 8.50. The molecule has 140 valence electrons. The Bertz CT molecular complexity index is 878. The predicted molar refractivity (Wildman–Crippen MR) is 98.8 cm³/mol. The zero-order valence-electron chi connectivity index (χ0n) is 15.1. The lowest BCUT2D eigenvalue weighted by atomic mass is 10.1. The molecule has 0 bridgehead atoms.